The van der Waals surface area contributed by atoms with Crippen molar-refractivity contribution < 1.29 is 18.0 Å². The third kappa shape index (κ3) is 4.57. The number of ketones is 1. The highest BCUT2D eigenvalue weighted by atomic mass is 19.4. The molecule has 0 fully saturated rings. The average Bonchev–Trinajstić information content (AvgIpc) is 2.62. The van der Waals surface area contributed by atoms with E-state index in [9.17, 15) is 18.0 Å². The van der Waals surface area contributed by atoms with Crippen LogP contribution in [0.1, 0.15) is 22.8 Å². The molecule has 0 radical (unpaired) electrons. The largest absolute Gasteiger partial charge is 0.418 e. The van der Waals surface area contributed by atoms with Crippen molar-refractivity contribution in [2.75, 3.05) is 10.6 Å². The molecule has 1 aromatic heterocycles. The van der Waals surface area contributed by atoms with Gasteiger partial charge >= 0.3 is 6.18 Å². The zero-order chi connectivity index (χ0) is 19.4. The molecule has 9 heteroatoms. The minimum atomic E-state index is -4.50. The molecule has 0 bridgehead atoms. The predicted molar refractivity (Wildman–Crippen MR) is 94.3 cm³/mol. The van der Waals surface area contributed by atoms with Crippen molar-refractivity contribution in [2.24, 2.45) is 0 Å². The molecule has 0 aliphatic heterocycles. The fourth-order valence-electron chi connectivity index (χ4n) is 2.34. The molecular weight excluding hydrogens is 359 g/mol. The maximum atomic E-state index is 13.1. The average molecular weight is 373 g/mol. The van der Waals surface area contributed by atoms with E-state index in [1.165, 1.54) is 31.3 Å². The summed E-state index contributed by atoms with van der Waals surface area (Å²) in [6.07, 6.45) is -3.29. The topological polar surface area (TPSA) is 79.8 Å². The van der Waals surface area contributed by atoms with Gasteiger partial charge in [-0.1, -0.05) is 24.3 Å². The zero-order valence-corrected chi connectivity index (χ0v) is 14.1. The first-order chi connectivity index (χ1) is 12.8. The molecule has 0 amide bonds. The van der Waals surface area contributed by atoms with E-state index in [4.69, 9.17) is 0 Å². The van der Waals surface area contributed by atoms with E-state index < -0.39 is 11.7 Å². The van der Waals surface area contributed by atoms with Crippen LogP contribution >= 0.6 is 0 Å². The number of carbonyl (C=O) groups is 1. The van der Waals surface area contributed by atoms with Crippen LogP contribution in [0.3, 0.4) is 0 Å². The lowest BCUT2D eigenvalue weighted by molar-refractivity contribution is -0.136. The number of hydrogen-bond acceptors (Lipinski definition) is 6. The van der Waals surface area contributed by atoms with Crippen LogP contribution in [0.15, 0.2) is 54.7 Å². The molecule has 1 heterocycles. The van der Waals surface area contributed by atoms with E-state index in [0.29, 0.717) is 11.3 Å². The van der Waals surface area contributed by atoms with Crippen LogP contribution in [-0.4, -0.2) is 21.0 Å². The van der Waals surface area contributed by atoms with Crippen LogP contribution in [0, 0.1) is 0 Å². The van der Waals surface area contributed by atoms with Crippen molar-refractivity contribution in [3.05, 3.63) is 65.9 Å². The lowest BCUT2D eigenvalue weighted by Gasteiger charge is -2.14. The lowest BCUT2D eigenvalue weighted by atomic mass is 10.1. The first-order valence-corrected chi connectivity index (χ1v) is 7.84. The first kappa shape index (κ1) is 18.3. The van der Waals surface area contributed by atoms with Gasteiger partial charge in [0.15, 0.2) is 11.6 Å². The molecule has 2 aromatic carbocycles. The fraction of sp³-hybridized carbons (Fsp3) is 0.111. The quantitative estimate of drug-likeness (QED) is 0.637. The summed E-state index contributed by atoms with van der Waals surface area (Å²) in [5.41, 5.74) is 0.0981. The van der Waals surface area contributed by atoms with Gasteiger partial charge in [0.1, 0.15) is 0 Å². The molecule has 2 N–H and O–H groups in total. The number of para-hydroxylation sites is 1. The predicted octanol–water partition coefficient (Wildman–Crippen LogP) is 4.58. The number of nitrogens with one attached hydrogen (secondary N) is 2. The van der Waals surface area contributed by atoms with Gasteiger partial charge in [-0.2, -0.15) is 23.3 Å². The number of nitrogens with zero attached hydrogens (tertiary/aromatic N) is 3. The monoisotopic (exact) mass is 373 g/mol. The molecule has 3 rings (SSSR count). The summed E-state index contributed by atoms with van der Waals surface area (Å²) >= 11 is 0. The summed E-state index contributed by atoms with van der Waals surface area (Å²) in [7, 11) is 0. The van der Waals surface area contributed by atoms with Crippen LogP contribution in [0.4, 0.5) is 36.3 Å². The molecule has 0 saturated heterocycles. The summed E-state index contributed by atoms with van der Waals surface area (Å²) in [4.78, 5) is 15.6. The van der Waals surface area contributed by atoms with Gasteiger partial charge in [0.05, 0.1) is 17.4 Å². The molecule has 0 aliphatic rings. The standard InChI is InChI=1S/C18H14F3N5O/c1-11(27)12-5-4-6-13(9-12)23-17-25-16(10-22-26-17)24-15-8-3-2-7-14(15)18(19,20)21/h2-10H,1H3,(H2,23,24,25,26). The van der Waals surface area contributed by atoms with E-state index in [2.05, 4.69) is 25.8 Å². The van der Waals surface area contributed by atoms with Crippen LogP contribution in [0.5, 0.6) is 0 Å². The SMILES string of the molecule is CC(=O)c1cccc(Nc2nncc(Nc3ccccc3C(F)(F)F)n2)c1. The van der Waals surface area contributed by atoms with Crippen molar-refractivity contribution in [3.8, 4) is 0 Å². The van der Waals surface area contributed by atoms with E-state index in [1.54, 1.807) is 24.3 Å². The van der Waals surface area contributed by atoms with Crippen molar-refractivity contribution in [1.29, 1.82) is 0 Å². The summed E-state index contributed by atoms with van der Waals surface area (Å²) in [5.74, 6) is 0.0639. The Bertz CT molecular complexity index is 975. The first-order valence-electron chi connectivity index (χ1n) is 7.84. The number of alkyl halides is 3. The molecule has 0 aliphatic carbocycles. The van der Waals surface area contributed by atoms with Gasteiger partial charge in [0.2, 0.25) is 5.95 Å². The molecule has 0 spiro atoms. The van der Waals surface area contributed by atoms with Crippen molar-refractivity contribution >= 4 is 28.9 Å². The normalized spacial score (nSPS) is 11.1. The maximum absolute atomic E-state index is 13.1. The van der Waals surface area contributed by atoms with Gasteiger partial charge in [-0.15, -0.1) is 5.10 Å². The number of aromatic nitrogens is 3. The van der Waals surface area contributed by atoms with Gasteiger partial charge < -0.3 is 10.6 Å². The van der Waals surface area contributed by atoms with E-state index in [1.807, 2.05) is 0 Å². The van der Waals surface area contributed by atoms with Gasteiger partial charge in [0.25, 0.3) is 0 Å². The summed E-state index contributed by atoms with van der Waals surface area (Å²) in [6.45, 7) is 1.44. The van der Waals surface area contributed by atoms with Gasteiger partial charge in [0, 0.05) is 11.3 Å². The van der Waals surface area contributed by atoms with Crippen LogP contribution in [0.2, 0.25) is 0 Å². The Morgan fingerprint density at radius 3 is 2.56 bits per heavy atom. The van der Waals surface area contributed by atoms with E-state index >= 15 is 0 Å². The second-order valence-electron chi connectivity index (χ2n) is 5.60. The third-order valence-electron chi connectivity index (χ3n) is 3.58. The highest BCUT2D eigenvalue weighted by Crippen LogP contribution is 2.35. The number of halogens is 3. The minimum absolute atomic E-state index is 0.0743. The molecule has 138 valence electrons. The second kappa shape index (κ2) is 7.40. The summed E-state index contributed by atoms with van der Waals surface area (Å²) in [6, 6.07) is 11.7. The Morgan fingerprint density at radius 2 is 1.81 bits per heavy atom. The van der Waals surface area contributed by atoms with Crippen molar-refractivity contribution in [2.45, 2.75) is 13.1 Å². The van der Waals surface area contributed by atoms with Gasteiger partial charge in [-0.05, 0) is 31.2 Å². The summed E-state index contributed by atoms with van der Waals surface area (Å²) < 4.78 is 39.3. The molecule has 6 nitrogen and oxygen atoms in total. The highest BCUT2D eigenvalue weighted by molar-refractivity contribution is 5.95. The zero-order valence-electron chi connectivity index (χ0n) is 14.1. The molecule has 0 unspecified atom stereocenters. The smallest absolute Gasteiger partial charge is 0.338 e. The number of hydrogen-bond donors (Lipinski definition) is 2. The van der Waals surface area contributed by atoms with Crippen molar-refractivity contribution in [3.63, 3.8) is 0 Å². The maximum Gasteiger partial charge on any atom is 0.418 e. The fourth-order valence-corrected chi connectivity index (χ4v) is 2.34. The summed E-state index contributed by atoms with van der Waals surface area (Å²) in [5, 5.41) is 13.0. The number of carbonyl (C=O) groups excluding carboxylic acids is 1. The second-order valence-corrected chi connectivity index (χ2v) is 5.60. The molecule has 0 atom stereocenters. The van der Waals surface area contributed by atoms with E-state index in [0.717, 1.165) is 6.07 Å². The molecule has 0 saturated carbocycles. The number of Topliss-reactive ketones (excluding diaryl/α,β-unsaturated/α-hetero) is 1. The van der Waals surface area contributed by atoms with Crippen LogP contribution < -0.4 is 10.6 Å². The Balaban J connectivity index is 1.83. The molecule has 3 aromatic rings. The Hall–Kier alpha value is -3.49. The highest BCUT2D eigenvalue weighted by Gasteiger charge is 2.33. The Labute approximate surface area is 152 Å². The Morgan fingerprint density at radius 1 is 1.04 bits per heavy atom. The number of rotatable bonds is 5. The van der Waals surface area contributed by atoms with E-state index in [-0.39, 0.29) is 23.2 Å². The molecular formula is C18H14F3N5O. The minimum Gasteiger partial charge on any atom is -0.338 e. The molecule has 27 heavy (non-hydrogen) atoms. The van der Waals surface area contributed by atoms with Crippen LogP contribution in [-0.2, 0) is 6.18 Å². The number of anilines is 4. The van der Waals surface area contributed by atoms with Gasteiger partial charge in [-0.3, -0.25) is 4.79 Å². The number of benzene rings is 2. The third-order valence-corrected chi connectivity index (χ3v) is 3.58. The van der Waals surface area contributed by atoms with Crippen LogP contribution in [0.25, 0.3) is 0 Å². The van der Waals surface area contributed by atoms with Gasteiger partial charge in [-0.25, -0.2) is 0 Å². The van der Waals surface area contributed by atoms with Crippen molar-refractivity contribution in [1.82, 2.24) is 15.2 Å². The lowest BCUT2D eigenvalue weighted by Crippen LogP contribution is -2.09. The Kier molecular flexibility index (Phi) is 5.02.